The highest BCUT2D eigenvalue weighted by Gasteiger charge is 2.29. The smallest absolute Gasteiger partial charge is 0.260 e. The van der Waals surface area contributed by atoms with Crippen LogP contribution in [0.25, 0.3) is 0 Å². The summed E-state index contributed by atoms with van der Waals surface area (Å²) >= 11 is 0. The van der Waals surface area contributed by atoms with Crippen LogP contribution in [0.15, 0.2) is 30.3 Å². The minimum Gasteiger partial charge on any atom is -0.484 e. The van der Waals surface area contributed by atoms with Gasteiger partial charge >= 0.3 is 0 Å². The van der Waals surface area contributed by atoms with E-state index in [1.165, 1.54) is 0 Å². The molecule has 0 bridgehead atoms. The Balaban J connectivity index is 1.39. The summed E-state index contributed by atoms with van der Waals surface area (Å²) in [4.78, 5) is 16.8. The summed E-state index contributed by atoms with van der Waals surface area (Å²) in [5.41, 5.74) is 0. The van der Waals surface area contributed by atoms with Crippen molar-refractivity contribution in [2.24, 2.45) is 0 Å². The molecule has 2 saturated heterocycles. The third kappa shape index (κ3) is 4.48. The minimum atomic E-state index is 0.0930. The van der Waals surface area contributed by atoms with Gasteiger partial charge < -0.3 is 19.3 Å². The number of hydrogen-bond donors (Lipinski definition) is 0. The number of likely N-dealkylation sites (tertiary alicyclic amines) is 2. The van der Waals surface area contributed by atoms with Crippen molar-refractivity contribution >= 4 is 5.91 Å². The van der Waals surface area contributed by atoms with Gasteiger partial charge in [0.1, 0.15) is 5.75 Å². The zero-order valence-electron chi connectivity index (χ0n) is 14.5. The van der Waals surface area contributed by atoms with E-state index in [-0.39, 0.29) is 12.5 Å². The second kappa shape index (κ2) is 8.49. The second-order valence-electron chi connectivity index (χ2n) is 6.68. The number of piperidine rings is 2. The Morgan fingerprint density at radius 3 is 2.33 bits per heavy atom. The molecule has 0 radical (unpaired) electrons. The zero-order chi connectivity index (χ0) is 16.8. The van der Waals surface area contributed by atoms with E-state index in [1.54, 1.807) is 0 Å². The number of carbonyl (C=O) groups excluding carboxylic acids is 1. The van der Waals surface area contributed by atoms with Crippen molar-refractivity contribution in [2.75, 3.05) is 39.9 Å². The van der Waals surface area contributed by atoms with E-state index in [0.717, 1.165) is 57.6 Å². The standard InChI is InChI=1S/C19H28N2O3/c1-23-17-9-13-20(14-10-17)16-7-11-21(12-8-16)19(22)15-24-18-5-3-2-4-6-18/h2-6,16-17H,7-15H2,1H3. The predicted molar refractivity (Wildman–Crippen MR) is 93.1 cm³/mol. The van der Waals surface area contributed by atoms with Crippen molar-refractivity contribution in [3.05, 3.63) is 30.3 Å². The zero-order valence-corrected chi connectivity index (χ0v) is 14.5. The number of hydrogen-bond acceptors (Lipinski definition) is 4. The van der Waals surface area contributed by atoms with E-state index in [4.69, 9.17) is 9.47 Å². The van der Waals surface area contributed by atoms with Gasteiger partial charge in [0.15, 0.2) is 6.61 Å². The van der Waals surface area contributed by atoms with Crippen molar-refractivity contribution in [2.45, 2.75) is 37.8 Å². The summed E-state index contributed by atoms with van der Waals surface area (Å²) in [7, 11) is 1.81. The monoisotopic (exact) mass is 332 g/mol. The molecular weight excluding hydrogens is 304 g/mol. The lowest BCUT2D eigenvalue weighted by molar-refractivity contribution is -0.135. The van der Waals surface area contributed by atoms with Gasteiger partial charge in [-0.1, -0.05) is 18.2 Å². The molecule has 0 unspecified atom stereocenters. The lowest BCUT2D eigenvalue weighted by Gasteiger charge is -2.41. The summed E-state index contributed by atoms with van der Waals surface area (Å²) in [6.45, 7) is 4.05. The van der Waals surface area contributed by atoms with E-state index >= 15 is 0 Å². The van der Waals surface area contributed by atoms with Crippen LogP contribution in [-0.4, -0.2) is 67.7 Å². The fourth-order valence-corrected chi connectivity index (χ4v) is 3.71. The first kappa shape index (κ1) is 17.2. The number of amides is 1. The average Bonchev–Trinajstić information content (AvgIpc) is 2.67. The Hall–Kier alpha value is -1.59. The average molecular weight is 332 g/mol. The van der Waals surface area contributed by atoms with Crippen LogP contribution in [0.1, 0.15) is 25.7 Å². The molecule has 24 heavy (non-hydrogen) atoms. The maximum atomic E-state index is 12.3. The lowest BCUT2D eigenvalue weighted by Crippen LogP contribution is -2.50. The van der Waals surface area contributed by atoms with Gasteiger partial charge in [0.2, 0.25) is 0 Å². The van der Waals surface area contributed by atoms with Gasteiger partial charge in [-0.3, -0.25) is 4.79 Å². The number of ether oxygens (including phenoxy) is 2. The molecule has 5 heteroatoms. The van der Waals surface area contributed by atoms with Crippen LogP contribution in [-0.2, 0) is 9.53 Å². The van der Waals surface area contributed by atoms with Gasteiger partial charge in [-0.25, -0.2) is 0 Å². The molecule has 1 aromatic carbocycles. The highest BCUT2D eigenvalue weighted by molar-refractivity contribution is 5.77. The minimum absolute atomic E-state index is 0.0930. The molecule has 1 aromatic rings. The van der Waals surface area contributed by atoms with Crippen molar-refractivity contribution in [1.29, 1.82) is 0 Å². The van der Waals surface area contributed by atoms with Gasteiger partial charge in [-0.05, 0) is 37.8 Å². The van der Waals surface area contributed by atoms with Gasteiger partial charge in [0.25, 0.3) is 5.91 Å². The van der Waals surface area contributed by atoms with Gasteiger partial charge in [0, 0.05) is 39.3 Å². The summed E-state index contributed by atoms with van der Waals surface area (Å²) in [6.07, 6.45) is 4.81. The predicted octanol–water partition coefficient (Wildman–Crippen LogP) is 2.17. The Kier molecular flexibility index (Phi) is 6.10. The Morgan fingerprint density at radius 1 is 1.04 bits per heavy atom. The first-order chi connectivity index (χ1) is 11.8. The van der Waals surface area contributed by atoms with E-state index < -0.39 is 0 Å². The molecule has 132 valence electrons. The molecule has 0 aliphatic carbocycles. The third-order valence-electron chi connectivity index (χ3n) is 5.25. The second-order valence-corrected chi connectivity index (χ2v) is 6.68. The van der Waals surface area contributed by atoms with E-state index in [1.807, 2.05) is 42.3 Å². The molecule has 0 saturated carbocycles. The SMILES string of the molecule is COC1CCN(C2CCN(C(=O)COc3ccccc3)CC2)CC1. The normalized spacial score (nSPS) is 21.0. The van der Waals surface area contributed by atoms with Crippen LogP contribution in [0.2, 0.25) is 0 Å². The van der Waals surface area contributed by atoms with Crippen LogP contribution in [0, 0.1) is 0 Å². The fraction of sp³-hybridized carbons (Fsp3) is 0.632. The van der Waals surface area contributed by atoms with Crippen LogP contribution in [0.4, 0.5) is 0 Å². The third-order valence-corrected chi connectivity index (χ3v) is 5.25. The number of carbonyl (C=O) groups is 1. The molecule has 3 rings (SSSR count). The van der Waals surface area contributed by atoms with Crippen LogP contribution >= 0.6 is 0 Å². The van der Waals surface area contributed by atoms with Crippen molar-refractivity contribution in [3.8, 4) is 5.75 Å². The molecule has 1 amide bonds. The summed E-state index contributed by atoms with van der Waals surface area (Å²) in [5, 5.41) is 0. The number of rotatable bonds is 5. The first-order valence-corrected chi connectivity index (χ1v) is 8.98. The molecular formula is C19H28N2O3. The van der Waals surface area contributed by atoms with Crippen LogP contribution in [0.5, 0.6) is 5.75 Å². The van der Waals surface area contributed by atoms with Crippen molar-refractivity contribution in [3.63, 3.8) is 0 Å². The Bertz CT molecular complexity index is 507. The maximum Gasteiger partial charge on any atom is 0.260 e. The van der Waals surface area contributed by atoms with E-state index in [0.29, 0.717) is 12.1 Å². The molecule has 2 aliphatic rings. The molecule has 0 N–H and O–H groups in total. The summed E-state index contributed by atoms with van der Waals surface area (Å²) < 4.78 is 11.0. The number of benzene rings is 1. The van der Waals surface area contributed by atoms with Crippen LogP contribution < -0.4 is 4.74 Å². The molecule has 2 fully saturated rings. The maximum absolute atomic E-state index is 12.3. The molecule has 0 spiro atoms. The Morgan fingerprint density at radius 2 is 1.71 bits per heavy atom. The van der Waals surface area contributed by atoms with Gasteiger partial charge in [-0.2, -0.15) is 0 Å². The Labute approximate surface area is 144 Å². The summed E-state index contributed by atoms with van der Waals surface area (Å²) in [5.74, 6) is 0.845. The quantitative estimate of drug-likeness (QED) is 0.829. The van der Waals surface area contributed by atoms with Gasteiger partial charge in [0.05, 0.1) is 6.10 Å². The highest BCUT2D eigenvalue weighted by Crippen LogP contribution is 2.22. The molecule has 5 nitrogen and oxygen atoms in total. The first-order valence-electron chi connectivity index (χ1n) is 8.98. The van der Waals surface area contributed by atoms with Gasteiger partial charge in [-0.15, -0.1) is 0 Å². The molecule has 0 aromatic heterocycles. The number of methoxy groups -OCH3 is 1. The van der Waals surface area contributed by atoms with E-state index in [2.05, 4.69) is 4.90 Å². The van der Waals surface area contributed by atoms with Crippen LogP contribution in [0.3, 0.4) is 0 Å². The molecule has 2 heterocycles. The van der Waals surface area contributed by atoms with E-state index in [9.17, 15) is 4.79 Å². The van der Waals surface area contributed by atoms with Crippen molar-refractivity contribution < 1.29 is 14.3 Å². The highest BCUT2D eigenvalue weighted by atomic mass is 16.5. The lowest BCUT2D eigenvalue weighted by atomic mass is 9.99. The largest absolute Gasteiger partial charge is 0.484 e. The topological polar surface area (TPSA) is 42.0 Å². The van der Waals surface area contributed by atoms with Crippen molar-refractivity contribution in [1.82, 2.24) is 9.80 Å². The summed E-state index contributed by atoms with van der Waals surface area (Å²) in [6, 6.07) is 10.1. The number of para-hydroxylation sites is 1. The number of nitrogens with zero attached hydrogens (tertiary/aromatic N) is 2. The molecule has 0 atom stereocenters. The molecule has 2 aliphatic heterocycles. The fourth-order valence-electron chi connectivity index (χ4n) is 3.71.